The fourth-order valence-electron chi connectivity index (χ4n) is 4.00. The second-order valence-corrected chi connectivity index (χ2v) is 8.88. The predicted octanol–water partition coefficient (Wildman–Crippen LogP) is 4.18. The molecule has 2 heterocycles. The maximum atomic E-state index is 13.2. The molecule has 0 saturated carbocycles. The molecule has 2 aromatic carbocycles. The molecular weight excluding hydrogens is 424 g/mol. The first-order valence-electron chi connectivity index (χ1n) is 10.2. The Morgan fingerprint density at radius 3 is 2.31 bits per heavy atom. The van der Waals surface area contributed by atoms with Crippen molar-refractivity contribution in [3.63, 3.8) is 0 Å². The summed E-state index contributed by atoms with van der Waals surface area (Å²) in [5.74, 6) is -1.49. The number of carbonyl (C=O) groups excluding carboxylic acids is 2. The van der Waals surface area contributed by atoms with E-state index in [2.05, 4.69) is 0 Å². The molecule has 32 heavy (non-hydrogen) atoms. The summed E-state index contributed by atoms with van der Waals surface area (Å²) in [6.07, 6.45) is 0. The van der Waals surface area contributed by atoms with Gasteiger partial charge in [-0.25, -0.2) is 0 Å². The number of hydrogen-bond donors (Lipinski definition) is 2. The number of benzene rings is 2. The van der Waals surface area contributed by atoms with Crippen molar-refractivity contribution in [1.82, 2.24) is 9.80 Å². The zero-order valence-corrected chi connectivity index (χ0v) is 18.6. The number of thiophene rings is 1. The lowest BCUT2D eigenvalue weighted by Crippen LogP contribution is -2.37. The van der Waals surface area contributed by atoms with Crippen LogP contribution in [0.15, 0.2) is 77.7 Å². The molecule has 1 amide bonds. The minimum atomic E-state index is -0.766. The standard InChI is InChI=1S/C25H24N2O4S/c1-26(2)19(20-9-6-14-32-20)15-27-22(16-10-12-18(28)13-11-16)21(24(30)25(27)31)23(29)17-7-4-3-5-8-17/h3-14,19,22,28-29H,15H2,1-2H3/t19-,22-/m0/s1. The maximum absolute atomic E-state index is 13.2. The number of nitrogens with zero attached hydrogens (tertiary/aromatic N) is 2. The fourth-order valence-corrected chi connectivity index (χ4v) is 4.91. The van der Waals surface area contributed by atoms with E-state index in [1.807, 2.05) is 42.6 Å². The second-order valence-electron chi connectivity index (χ2n) is 7.90. The highest BCUT2D eigenvalue weighted by Gasteiger charge is 2.47. The molecule has 4 rings (SSSR count). The van der Waals surface area contributed by atoms with E-state index in [1.54, 1.807) is 47.7 Å². The molecule has 6 nitrogen and oxygen atoms in total. The SMILES string of the molecule is CN(C)[C@@H](CN1C(=O)C(=O)C(=C(O)c2ccccc2)[C@@H]1c1ccc(O)cc1)c1cccs1. The van der Waals surface area contributed by atoms with E-state index < -0.39 is 17.7 Å². The highest BCUT2D eigenvalue weighted by Crippen LogP contribution is 2.41. The molecule has 164 valence electrons. The van der Waals surface area contributed by atoms with Crippen molar-refractivity contribution < 1.29 is 19.8 Å². The predicted molar refractivity (Wildman–Crippen MR) is 124 cm³/mol. The molecule has 2 atom stereocenters. The van der Waals surface area contributed by atoms with E-state index in [0.717, 1.165) is 4.88 Å². The van der Waals surface area contributed by atoms with Crippen LogP contribution in [0.2, 0.25) is 0 Å². The molecule has 0 spiro atoms. The number of phenols is 1. The molecule has 1 saturated heterocycles. The van der Waals surface area contributed by atoms with E-state index in [-0.39, 0.29) is 29.7 Å². The number of amides is 1. The molecule has 0 aliphatic carbocycles. The Hall–Kier alpha value is -3.42. The number of rotatable bonds is 6. The van der Waals surface area contributed by atoms with Gasteiger partial charge in [-0.2, -0.15) is 0 Å². The number of likely N-dealkylation sites (N-methyl/N-ethyl adjacent to an activating group) is 1. The highest BCUT2D eigenvalue weighted by molar-refractivity contribution is 7.10. The Morgan fingerprint density at radius 1 is 1.03 bits per heavy atom. The van der Waals surface area contributed by atoms with Gasteiger partial charge in [0.2, 0.25) is 0 Å². The topological polar surface area (TPSA) is 81.1 Å². The molecule has 7 heteroatoms. The average Bonchev–Trinajstić information content (AvgIpc) is 3.40. The van der Waals surface area contributed by atoms with Gasteiger partial charge in [0.15, 0.2) is 0 Å². The third kappa shape index (κ3) is 4.04. The smallest absolute Gasteiger partial charge is 0.295 e. The third-order valence-corrected chi connectivity index (χ3v) is 6.63. The lowest BCUT2D eigenvalue weighted by molar-refractivity contribution is -0.140. The van der Waals surface area contributed by atoms with Gasteiger partial charge >= 0.3 is 0 Å². The van der Waals surface area contributed by atoms with Gasteiger partial charge in [0.25, 0.3) is 11.7 Å². The van der Waals surface area contributed by atoms with Crippen molar-refractivity contribution in [2.45, 2.75) is 12.1 Å². The van der Waals surface area contributed by atoms with Crippen molar-refractivity contribution in [1.29, 1.82) is 0 Å². The molecule has 0 radical (unpaired) electrons. The molecule has 3 aromatic rings. The molecular formula is C25H24N2O4S. The Balaban J connectivity index is 1.84. The van der Waals surface area contributed by atoms with E-state index in [1.165, 1.54) is 17.0 Å². The van der Waals surface area contributed by atoms with Crippen LogP contribution in [0.5, 0.6) is 5.75 Å². The van der Waals surface area contributed by atoms with Crippen LogP contribution in [0, 0.1) is 0 Å². The summed E-state index contributed by atoms with van der Waals surface area (Å²) in [6, 6.07) is 18.2. The minimum absolute atomic E-state index is 0.0515. The number of aliphatic hydroxyl groups excluding tert-OH is 1. The largest absolute Gasteiger partial charge is 0.508 e. The van der Waals surface area contributed by atoms with Gasteiger partial charge in [0.05, 0.1) is 17.7 Å². The number of likely N-dealkylation sites (tertiary alicyclic amines) is 1. The Labute approximate surface area is 190 Å². The number of hydrogen-bond acceptors (Lipinski definition) is 6. The zero-order chi connectivity index (χ0) is 22.8. The van der Waals surface area contributed by atoms with Crippen LogP contribution < -0.4 is 0 Å². The van der Waals surface area contributed by atoms with Gasteiger partial charge in [0, 0.05) is 17.0 Å². The average molecular weight is 449 g/mol. The molecule has 2 N–H and O–H groups in total. The zero-order valence-electron chi connectivity index (χ0n) is 17.8. The Bertz CT molecular complexity index is 1140. The number of phenolic OH excluding ortho intramolecular Hbond substituents is 1. The van der Waals surface area contributed by atoms with Gasteiger partial charge in [0.1, 0.15) is 11.5 Å². The van der Waals surface area contributed by atoms with Gasteiger partial charge in [-0.3, -0.25) is 9.59 Å². The molecule has 1 aromatic heterocycles. The van der Waals surface area contributed by atoms with Crippen LogP contribution in [0.4, 0.5) is 0 Å². The van der Waals surface area contributed by atoms with E-state index >= 15 is 0 Å². The van der Waals surface area contributed by atoms with Crippen molar-refractivity contribution in [2.24, 2.45) is 0 Å². The highest BCUT2D eigenvalue weighted by atomic mass is 32.1. The van der Waals surface area contributed by atoms with Crippen LogP contribution in [-0.4, -0.2) is 52.3 Å². The maximum Gasteiger partial charge on any atom is 0.295 e. The van der Waals surface area contributed by atoms with E-state index in [9.17, 15) is 19.8 Å². The molecule has 0 unspecified atom stereocenters. The van der Waals surface area contributed by atoms with Crippen molar-refractivity contribution in [3.05, 3.63) is 93.7 Å². The molecule has 1 aliphatic heterocycles. The van der Waals surface area contributed by atoms with E-state index in [4.69, 9.17) is 0 Å². The first kappa shape index (κ1) is 21.8. The number of Topliss-reactive ketones (excluding diaryl/α,β-unsaturated/α-hetero) is 1. The Morgan fingerprint density at radius 2 is 1.72 bits per heavy atom. The summed E-state index contributed by atoms with van der Waals surface area (Å²) >= 11 is 1.59. The molecule has 1 aliphatic rings. The summed E-state index contributed by atoms with van der Waals surface area (Å²) in [4.78, 5) is 31.0. The lowest BCUT2D eigenvalue weighted by Gasteiger charge is -2.32. The second kappa shape index (κ2) is 8.98. The first-order valence-corrected chi connectivity index (χ1v) is 11.1. The van der Waals surface area contributed by atoms with Gasteiger partial charge in [-0.1, -0.05) is 48.5 Å². The van der Waals surface area contributed by atoms with Crippen LogP contribution in [0.3, 0.4) is 0 Å². The number of aliphatic hydroxyl groups is 1. The first-order chi connectivity index (χ1) is 15.4. The molecule has 1 fully saturated rings. The van der Waals surface area contributed by atoms with E-state index in [0.29, 0.717) is 11.1 Å². The van der Waals surface area contributed by atoms with Crippen molar-refractivity contribution >= 4 is 28.8 Å². The van der Waals surface area contributed by atoms with Crippen molar-refractivity contribution in [2.75, 3.05) is 20.6 Å². The number of ketones is 1. The molecule has 0 bridgehead atoms. The van der Waals surface area contributed by atoms with Crippen LogP contribution in [0.1, 0.15) is 28.1 Å². The summed E-state index contributed by atoms with van der Waals surface area (Å²) < 4.78 is 0. The number of carbonyl (C=O) groups is 2. The van der Waals surface area contributed by atoms with Crippen LogP contribution in [-0.2, 0) is 9.59 Å². The fraction of sp³-hybridized carbons (Fsp3) is 0.200. The summed E-state index contributed by atoms with van der Waals surface area (Å²) in [6.45, 7) is 0.273. The minimum Gasteiger partial charge on any atom is -0.508 e. The lowest BCUT2D eigenvalue weighted by atomic mass is 9.95. The Kier molecular flexibility index (Phi) is 6.12. The quantitative estimate of drug-likeness (QED) is 0.336. The van der Waals surface area contributed by atoms with Crippen LogP contribution >= 0.6 is 11.3 Å². The van der Waals surface area contributed by atoms with Gasteiger partial charge < -0.3 is 20.0 Å². The number of aromatic hydroxyl groups is 1. The summed E-state index contributed by atoms with van der Waals surface area (Å²) in [5, 5.41) is 22.8. The summed E-state index contributed by atoms with van der Waals surface area (Å²) in [5.41, 5.74) is 1.16. The van der Waals surface area contributed by atoms with Gasteiger partial charge in [-0.15, -0.1) is 11.3 Å². The monoisotopic (exact) mass is 448 g/mol. The van der Waals surface area contributed by atoms with Crippen molar-refractivity contribution in [3.8, 4) is 5.75 Å². The third-order valence-electron chi connectivity index (χ3n) is 5.66. The normalized spacial score (nSPS) is 19.0. The van der Waals surface area contributed by atoms with Gasteiger partial charge in [-0.05, 0) is 43.2 Å². The van der Waals surface area contributed by atoms with Crippen LogP contribution in [0.25, 0.3) is 5.76 Å². The summed E-state index contributed by atoms with van der Waals surface area (Å²) in [7, 11) is 3.86.